The fourth-order valence-electron chi connectivity index (χ4n) is 1.67. The SMILES string of the molecule is O=[N+]([O-])c1ccc(Cn2ncnc2CO)c([N+](=O)[O-])c1. The molecule has 1 aromatic heterocycles. The maximum absolute atomic E-state index is 11.0. The lowest BCUT2D eigenvalue weighted by Gasteiger charge is -2.05. The molecule has 0 aliphatic heterocycles. The first-order chi connectivity index (χ1) is 9.52. The Morgan fingerprint density at radius 2 is 2.00 bits per heavy atom. The van der Waals surface area contributed by atoms with E-state index in [0.717, 1.165) is 6.07 Å². The van der Waals surface area contributed by atoms with Crippen LogP contribution in [0.15, 0.2) is 24.5 Å². The van der Waals surface area contributed by atoms with E-state index in [1.165, 1.54) is 23.1 Å². The average Bonchev–Trinajstić information content (AvgIpc) is 2.85. The van der Waals surface area contributed by atoms with Gasteiger partial charge in [0.05, 0.1) is 28.0 Å². The van der Waals surface area contributed by atoms with Gasteiger partial charge in [-0.15, -0.1) is 0 Å². The predicted octanol–water partition coefficient (Wildman–Crippen LogP) is 0.635. The minimum atomic E-state index is -0.703. The van der Waals surface area contributed by atoms with Gasteiger partial charge in [-0.1, -0.05) is 0 Å². The van der Waals surface area contributed by atoms with Gasteiger partial charge in [-0.3, -0.25) is 20.2 Å². The topological polar surface area (TPSA) is 137 Å². The molecule has 2 rings (SSSR count). The van der Waals surface area contributed by atoms with E-state index in [1.807, 2.05) is 0 Å². The van der Waals surface area contributed by atoms with Gasteiger partial charge in [-0.2, -0.15) is 5.10 Å². The normalized spacial score (nSPS) is 10.4. The number of aromatic nitrogens is 3. The van der Waals surface area contributed by atoms with Crippen LogP contribution in [0.3, 0.4) is 0 Å². The van der Waals surface area contributed by atoms with E-state index in [4.69, 9.17) is 5.11 Å². The fraction of sp³-hybridized carbons (Fsp3) is 0.200. The van der Waals surface area contributed by atoms with Gasteiger partial charge in [0.15, 0.2) is 5.82 Å². The molecule has 0 saturated heterocycles. The number of hydrogen-bond donors (Lipinski definition) is 1. The molecule has 1 N–H and O–H groups in total. The molecule has 0 bridgehead atoms. The van der Waals surface area contributed by atoms with Crippen molar-refractivity contribution in [3.63, 3.8) is 0 Å². The number of aliphatic hydroxyl groups is 1. The third-order valence-corrected chi connectivity index (χ3v) is 2.63. The highest BCUT2D eigenvalue weighted by molar-refractivity contribution is 5.49. The van der Waals surface area contributed by atoms with Crippen molar-refractivity contribution in [2.45, 2.75) is 13.2 Å². The molecule has 0 saturated carbocycles. The summed E-state index contributed by atoms with van der Waals surface area (Å²) in [5.74, 6) is 0.248. The lowest BCUT2D eigenvalue weighted by molar-refractivity contribution is -0.394. The van der Waals surface area contributed by atoms with Crippen LogP contribution in [0.1, 0.15) is 11.4 Å². The first-order valence-corrected chi connectivity index (χ1v) is 5.42. The molecule has 0 spiro atoms. The highest BCUT2D eigenvalue weighted by atomic mass is 16.6. The Kier molecular flexibility index (Phi) is 3.66. The minimum Gasteiger partial charge on any atom is -0.388 e. The van der Waals surface area contributed by atoms with Gasteiger partial charge in [0.2, 0.25) is 0 Å². The first-order valence-electron chi connectivity index (χ1n) is 5.42. The van der Waals surface area contributed by atoms with Crippen molar-refractivity contribution < 1.29 is 15.0 Å². The molecule has 2 aromatic rings. The van der Waals surface area contributed by atoms with Crippen LogP contribution in [-0.4, -0.2) is 29.7 Å². The number of benzene rings is 1. The van der Waals surface area contributed by atoms with Gasteiger partial charge in [-0.05, 0) is 6.07 Å². The molecule has 0 unspecified atom stereocenters. The Labute approximate surface area is 111 Å². The predicted molar refractivity (Wildman–Crippen MR) is 64.8 cm³/mol. The molecule has 0 radical (unpaired) electrons. The van der Waals surface area contributed by atoms with Crippen molar-refractivity contribution in [3.05, 3.63) is 56.1 Å². The van der Waals surface area contributed by atoms with Crippen molar-refractivity contribution in [2.24, 2.45) is 0 Å². The summed E-state index contributed by atoms with van der Waals surface area (Å²) >= 11 is 0. The molecule has 0 fully saturated rings. The highest BCUT2D eigenvalue weighted by Crippen LogP contribution is 2.25. The minimum absolute atomic E-state index is 0.00972. The molecule has 104 valence electrons. The maximum atomic E-state index is 11.0. The Morgan fingerprint density at radius 3 is 2.60 bits per heavy atom. The van der Waals surface area contributed by atoms with Gasteiger partial charge in [0.1, 0.15) is 12.9 Å². The number of nitro benzene ring substituents is 2. The lowest BCUT2D eigenvalue weighted by atomic mass is 10.1. The van der Waals surface area contributed by atoms with Gasteiger partial charge in [-0.25, -0.2) is 9.67 Å². The van der Waals surface area contributed by atoms with Crippen LogP contribution in [0.2, 0.25) is 0 Å². The molecular formula is C10H9N5O5. The van der Waals surface area contributed by atoms with E-state index < -0.39 is 9.85 Å². The van der Waals surface area contributed by atoms with E-state index in [1.54, 1.807) is 0 Å². The van der Waals surface area contributed by atoms with Crippen LogP contribution >= 0.6 is 0 Å². The van der Waals surface area contributed by atoms with Crippen molar-refractivity contribution in [1.29, 1.82) is 0 Å². The molecule has 1 heterocycles. The lowest BCUT2D eigenvalue weighted by Crippen LogP contribution is -2.09. The van der Waals surface area contributed by atoms with Gasteiger partial charge in [0.25, 0.3) is 11.4 Å². The second-order valence-electron chi connectivity index (χ2n) is 3.82. The van der Waals surface area contributed by atoms with Gasteiger partial charge >= 0.3 is 0 Å². The smallest absolute Gasteiger partial charge is 0.281 e. The summed E-state index contributed by atoms with van der Waals surface area (Å²) in [6, 6.07) is 3.36. The summed E-state index contributed by atoms with van der Waals surface area (Å²) in [7, 11) is 0. The van der Waals surface area contributed by atoms with Crippen molar-refractivity contribution >= 4 is 11.4 Å². The zero-order valence-corrected chi connectivity index (χ0v) is 10.0. The Balaban J connectivity index is 2.41. The van der Waals surface area contributed by atoms with Gasteiger partial charge in [0, 0.05) is 6.07 Å². The summed E-state index contributed by atoms with van der Waals surface area (Å²) in [5.41, 5.74) is -0.499. The van der Waals surface area contributed by atoms with Crippen LogP contribution in [0.25, 0.3) is 0 Å². The Morgan fingerprint density at radius 1 is 1.25 bits per heavy atom. The number of nitro groups is 2. The number of non-ortho nitro benzene ring substituents is 1. The Hall–Kier alpha value is -2.88. The van der Waals surface area contributed by atoms with Crippen LogP contribution < -0.4 is 0 Å². The monoisotopic (exact) mass is 279 g/mol. The van der Waals surface area contributed by atoms with E-state index in [-0.39, 0.29) is 35.9 Å². The van der Waals surface area contributed by atoms with E-state index in [9.17, 15) is 20.2 Å². The van der Waals surface area contributed by atoms with Crippen molar-refractivity contribution in [1.82, 2.24) is 14.8 Å². The van der Waals surface area contributed by atoms with Crippen molar-refractivity contribution in [3.8, 4) is 0 Å². The Bertz CT molecular complexity index is 668. The molecule has 10 nitrogen and oxygen atoms in total. The third-order valence-electron chi connectivity index (χ3n) is 2.63. The number of aliphatic hydroxyl groups excluding tert-OH is 1. The molecule has 0 aliphatic carbocycles. The largest absolute Gasteiger partial charge is 0.388 e. The molecule has 0 aliphatic rings. The second kappa shape index (κ2) is 5.40. The summed E-state index contributed by atoms with van der Waals surface area (Å²) in [6.07, 6.45) is 1.21. The fourth-order valence-corrected chi connectivity index (χ4v) is 1.67. The zero-order chi connectivity index (χ0) is 14.7. The second-order valence-corrected chi connectivity index (χ2v) is 3.82. The van der Waals surface area contributed by atoms with Crippen LogP contribution in [0, 0.1) is 20.2 Å². The first kappa shape index (κ1) is 13.5. The average molecular weight is 279 g/mol. The number of rotatable bonds is 5. The van der Waals surface area contributed by atoms with Crippen LogP contribution in [0.5, 0.6) is 0 Å². The molecule has 1 aromatic carbocycles. The standard InChI is InChI=1S/C10H9N5O5/c16-5-10-11-6-12-13(10)4-7-1-2-8(14(17)18)3-9(7)15(19)20/h1-3,6,16H,4-5H2. The zero-order valence-electron chi connectivity index (χ0n) is 10.0. The molecule has 0 atom stereocenters. The highest BCUT2D eigenvalue weighted by Gasteiger charge is 2.20. The third kappa shape index (κ3) is 2.59. The number of hydrogen-bond acceptors (Lipinski definition) is 7. The quantitative estimate of drug-likeness (QED) is 0.625. The van der Waals surface area contributed by atoms with Crippen LogP contribution in [-0.2, 0) is 13.2 Å². The molecule has 0 amide bonds. The molecule has 10 heteroatoms. The van der Waals surface area contributed by atoms with Crippen molar-refractivity contribution in [2.75, 3.05) is 0 Å². The summed E-state index contributed by atoms with van der Waals surface area (Å²) in [5, 5.41) is 34.5. The summed E-state index contributed by atoms with van der Waals surface area (Å²) in [6.45, 7) is -0.370. The van der Waals surface area contributed by atoms with E-state index >= 15 is 0 Å². The number of nitrogens with zero attached hydrogens (tertiary/aromatic N) is 5. The molecule has 20 heavy (non-hydrogen) atoms. The summed E-state index contributed by atoms with van der Waals surface area (Å²) in [4.78, 5) is 24.0. The van der Waals surface area contributed by atoms with E-state index in [2.05, 4.69) is 10.1 Å². The van der Waals surface area contributed by atoms with Crippen LogP contribution in [0.4, 0.5) is 11.4 Å². The summed E-state index contributed by atoms with van der Waals surface area (Å²) < 4.78 is 1.29. The molecular weight excluding hydrogens is 270 g/mol. The maximum Gasteiger partial charge on any atom is 0.281 e. The van der Waals surface area contributed by atoms with Gasteiger partial charge < -0.3 is 5.11 Å². The van der Waals surface area contributed by atoms with E-state index in [0.29, 0.717) is 0 Å².